The zero-order chi connectivity index (χ0) is 16.7. The molecule has 124 valence electrons. The van der Waals surface area contributed by atoms with Crippen LogP contribution in [0.4, 0.5) is 0 Å². The van der Waals surface area contributed by atoms with Crippen LogP contribution in [0.5, 0.6) is 0 Å². The maximum Gasteiger partial charge on any atom is 0.373 e. The van der Waals surface area contributed by atoms with E-state index in [2.05, 4.69) is 36.3 Å². The molecule has 0 radical (unpaired) electrons. The summed E-state index contributed by atoms with van der Waals surface area (Å²) in [6, 6.07) is 12.0. The van der Waals surface area contributed by atoms with Gasteiger partial charge in [-0.15, -0.1) is 0 Å². The van der Waals surface area contributed by atoms with Crippen molar-refractivity contribution in [2.45, 2.75) is 19.5 Å². The number of fused-ring (bicyclic) bond motifs is 3. The third-order valence-corrected chi connectivity index (χ3v) is 4.93. The van der Waals surface area contributed by atoms with Crippen molar-refractivity contribution in [1.29, 1.82) is 0 Å². The Kier molecular flexibility index (Phi) is 3.46. The minimum absolute atomic E-state index is 0.267. The first-order valence-corrected chi connectivity index (χ1v) is 8.17. The second-order valence-corrected chi connectivity index (χ2v) is 6.79. The monoisotopic (exact) mass is 325 g/mol. The first-order valence-electron chi connectivity index (χ1n) is 8.17. The number of furan rings is 1. The minimum atomic E-state index is -0.429. The minimum Gasteiger partial charge on any atom is -0.463 e. The molecule has 24 heavy (non-hydrogen) atoms. The van der Waals surface area contributed by atoms with E-state index in [1.807, 2.05) is 6.07 Å². The normalized spacial score (nSPS) is 20.1. The smallest absolute Gasteiger partial charge is 0.373 e. The summed E-state index contributed by atoms with van der Waals surface area (Å²) < 4.78 is 11.2. The van der Waals surface area contributed by atoms with Crippen LogP contribution in [-0.2, 0) is 24.2 Å². The zero-order valence-electron chi connectivity index (χ0n) is 14.0. The van der Waals surface area contributed by atoms with Crippen molar-refractivity contribution in [3.05, 3.63) is 59.2 Å². The first kappa shape index (κ1) is 15.0. The number of nitrogens with zero attached hydrogens (tertiary/aromatic N) is 1. The number of para-hydroxylation sites is 1. The van der Waals surface area contributed by atoms with Crippen molar-refractivity contribution in [3.8, 4) is 0 Å². The number of carbonyl (C=O) groups is 1. The Balaban J connectivity index is 1.60. The number of nitrogens with one attached hydrogen (secondary N) is 1. The van der Waals surface area contributed by atoms with E-state index in [1.54, 1.807) is 6.07 Å². The number of methoxy groups -OCH3 is 1. The number of hydrogen-bond donors (Lipinski definition) is 1. The van der Waals surface area contributed by atoms with Gasteiger partial charge in [0.1, 0.15) is 13.1 Å². The number of benzene rings is 1. The van der Waals surface area contributed by atoms with E-state index in [9.17, 15) is 4.79 Å². The Morgan fingerprint density at radius 2 is 2.12 bits per heavy atom. The fourth-order valence-electron chi connectivity index (χ4n) is 3.68. The molecule has 0 bridgehead atoms. The fourth-order valence-corrected chi connectivity index (χ4v) is 3.68. The molecule has 0 fully saturated rings. The summed E-state index contributed by atoms with van der Waals surface area (Å²) >= 11 is 0. The molecule has 0 aliphatic carbocycles. The molecule has 3 heterocycles. The van der Waals surface area contributed by atoms with Gasteiger partial charge in [0, 0.05) is 28.6 Å². The quantitative estimate of drug-likeness (QED) is 0.594. The number of hydrogen-bond acceptors (Lipinski definition) is 3. The summed E-state index contributed by atoms with van der Waals surface area (Å²) in [6.45, 7) is 2.75. The Labute approximate surface area is 140 Å². The molecule has 0 spiro atoms. The summed E-state index contributed by atoms with van der Waals surface area (Å²) in [5.74, 6) is 0.659. The van der Waals surface area contributed by atoms with E-state index >= 15 is 0 Å². The van der Waals surface area contributed by atoms with Crippen molar-refractivity contribution in [2.24, 2.45) is 0 Å². The highest BCUT2D eigenvalue weighted by Gasteiger charge is 2.32. The van der Waals surface area contributed by atoms with Crippen LogP contribution in [0.2, 0.25) is 0 Å². The summed E-state index contributed by atoms with van der Waals surface area (Å²) in [5, 5.41) is 1.31. The van der Waals surface area contributed by atoms with Gasteiger partial charge in [0.2, 0.25) is 5.76 Å². The first-order chi connectivity index (χ1) is 11.6. The molecule has 1 aliphatic rings. The van der Waals surface area contributed by atoms with Crippen LogP contribution >= 0.6 is 0 Å². The van der Waals surface area contributed by atoms with Gasteiger partial charge in [-0.05, 0) is 18.2 Å². The molecule has 1 atom stereocenters. The molecule has 2 aromatic heterocycles. The van der Waals surface area contributed by atoms with Crippen LogP contribution in [0.25, 0.3) is 10.9 Å². The Morgan fingerprint density at radius 3 is 2.96 bits per heavy atom. The number of aromatic nitrogens is 1. The van der Waals surface area contributed by atoms with Crippen molar-refractivity contribution >= 4 is 16.9 Å². The highest BCUT2D eigenvalue weighted by Crippen LogP contribution is 2.31. The lowest BCUT2D eigenvalue weighted by Crippen LogP contribution is -2.46. The van der Waals surface area contributed by atoms with Gasteiger partial charge >= 0.3 is 5.97 Å². The number of rotatable bonds is 3. The van der Waals surface area contributed by atoms with Gasteiger partial charge in [0.25, 0.3) is 0 Å². The molecular weight excluding hydrogens is 304 g/mol. The van der Waals surface area contributed by atoms with Crippen molar-refractivity contribution in [2.75, 3.05) is 20.7 Å². The molecule has 1 N–H and O–H groups in total. The van der Waals surface area contributed by atoms with Crippen LogP contribution in [0, 0.1) is 0 Å². The topological polar surface area (TPSA) is 55.2 Å². The standard InChI is InChI=1S/C19H21N2O3/c1-21(11-13-7-8-18(24-13)19(22)23-2)10-9-17-15(12-21)14-5-3-4-6-16(14)20-17/h3-8,20H,9-12H2,1-2H3/q+1. The largest absolute Gasteiger partial charge is 0.463 e. The lowest BCUT2D eigenvalue weighted by atomic mass is 10.0. The third-order valence-electron chi connectivity index (χ3n) is 4.93. The molecule has 0 saturated carbocycles. The summed E-state index contributed by atoms with van der Waals surface area (Å²) in [5.41, 5.74) is 3.96. The lowest BCUT2D eigenvalue weighted by Gasteiger charge is -2.37. The number of H-pyrrole nitrogens is 1. The van der Waals surface area contributed by atoms with Gasteiger partial charge in [-0.3, -0.25) is 0 Å². The molecule has 3 aromatic rings. The number of carbonyl (C=O) groups excluding carboxylic acids is 1. The van der Waals surface area contributed by atoms with Crippen LogP contribution in [0.3, 0.4) is 0 Å². The number of esters is 1. The fraction of sp³-hybridized carbons (Fsp3) is 0.316. The zero-order valence-corrected chi connectivity index (χ0v) is 14.0. The van der Waals surface area contributed by atoms with Gasteiger partial charge in [-0.2, -0.15) is 0 Å². The van der Waals surface area contributed by atoms with Gasteiger partial charge < -0.3 is 18.6 Å². The van der Waals surface area contributed by atoms with Crippen LogP contribution in [0.15, 0.2) is 40.8 Å². The summed E-state index contributed by atoms with van der Waals surface area (Å²) in [4.78, 5) is 15.1. The third kappa shape index (κ3) is 2.51. The summed E-state index contributed by atoms with van der Waals surface area (Å²) in [7, 11) is 3.60. The predicted molar refractivity (Wildman–Crippen MR) is 90.5 cm³/mol. The molecule has 4 rings (SSSR count). The lowest BCUT2D eigenvalue weighted by molar-refractivity contribution is -0.938. The van der Waals surface area contributed by atoms with Gasteiger partial charge in [-0.1, -0.05) is 18.2 Å². The number of quaternary nitrogens is 1. The van der Waals surface area contributed by atoms with E-state index in [0.29, 0.717) is 0 Å². The number of aromatic amines is 1. The summed E-state index contributed by atoms with van der Waals surface area (Å²) in [6.07, 6.45) is 1.02. The van der Waals surface area contributed by atoms with Gasteiger partial charge in [0.15, 0.2) is 5.76 Å². The maximum absolute atomic E-state index is 11.5. The molecule has 5 heteroatoms. The van der Waals surface area contributed by atoms with Crippen molar-refractivity contribution in [1.82, 2.24) is 4.98 Å². The Morgan fingerprint density at radius 1 is 1.29 bits per heavy atom. The van der Waals surface area contributed by atoms with Crippen molar-refractivity contribution < 1.29 is 18.4 Å². The van der Waals surface area contributed by atoms with E-state index in [1.165, 1.54) is 29.3 Å². The SMILES string of the molecule is COC(=O)c1ccc(C[N+]2(C)CCc3[nH]c4ccccc4c3C2)o1. The van der Waals surface area contributed by atoms with E-state index < -0.39 is 5.97 Å². The molecule has 1 aliphatic heterocycles. The van der Waals surface area contributed by atoms with E-state index in [0.717, 1.165) is 36.3 Å². The number of ether oxygens (including phenoxy) is 1. The van der Waals surface area contributed by atoms with E-state index in [-0.39, 0.29) is 5.76 Å². The highest BCUT2D eigenvalue weighted by molar-refractivity contribution is 5.86. The Bertz CT molecular complexity index is 908. The predicted octanol–water partition coefficient (Wildman–Crippen LogP) is 3.25. The molecule has 1 unspecified atom stereocenters. The molecule has 0 amide bonds. The number of likely N-dealkylation sites (N-methyl/N-ethyl adjacent to an activating group) is 1. The van der Waals surface area contributed by atoms with Crippen LogP contribution < -0.4 is 0 Å². The second kappa shape index (κ2) is 5.53. The van der Waals surface area contributed by atoms with Crippen LogP contribution in [0.1, 0.15) is 27.6 Å². The van der Waals surface area contributed by atoms with Crippen molar-refractivity contribution in [3.63, 3.8) is 0 Å². The highest BCUT2D eigenvalue weighted by atomic mass is 16.5. The van der Waals surface area contributed by atoms with Gasteiger partial charge in [0.05, 0.1) is 20.7 Å². The molecule has 1 aromatic carbocycles. The van der Waals surface area contributed by atoms with Crippen LogP contribution in [-0.4, -0.2) is 36.1 Å². The second-order valence-electron chi connectivity index (χ2n) is 6.79. The molecule has 0 saturated heterocycles. The van der Waals surface area contributed by atoms with Gasteiger partial charge in [-0.25, -0.2) is 4.79 Å². The van der Waals surface area contributed by atoms with E-state index in [4.69, 9.17) is 9.15 Å². The molecular formula is C19H21N2O3+. The Hall–Kier alpha value is -2.53. The average molecular weight is 325 g/mol. The maximum atomic E-state index is 11.5. The average Bonchev–Trinajstić information content (AvgIpc) is 3.18. The molecule has 5 nitrogen and oxygen atoms in total.